The van der Waals surface area contributed by atoms with Crippen LogP contribution >= 0.6 is 15.9 Å². The molecule has 3 aromatic rings. The summed E-state index contributed by atoms with van der Waals surface area (Å²) in [6.45, 7) is 10.3. The number of hydrogen-bond donors (Lipinski definition) is 1. The molecule has 0 fully saturated rings. The van der Waals surface area contributed by atoms with Crippen molar-refractivity contribution in [3.8, 4) is 5.69 Å². The van der Waals surface area contributed by atoms with Gasteiger partial charge in [0.15, 0.2) is 0 Å². The number of amides is 1. The van der Waals surface area contributed by atoms with E-state index in [4.69, 9.17) is 0 Å². The normalized spacial score (nSPS) is 11.2. The molecule has 4 nitrogen and oxygen atoms in total. The van der Waals surface area contributed by atoms with E-state index in [9.17, 15) is 4.79 Å². The van der Waals surface area contributed by atoms with Gasteiger partial charge in [-0.1, -0.05) is 45.8 Å². The van der Waals surface area contributed by atoms with Crippen molar-refractivity contribution < 1.29 is 4.79 Å². The van der Waals surface area contributed by atoms with E-state index >= 15 is 0 Å². The minimum absolute atomic E-state index is 0.121. The maximum atomic E-state index is 12.3. The summed E-state index contributed by atoms with van der Waals surface area (Å²) in [6, 6.07) is 14.5. The molecule has 1 N–H and O–H groups in total. The summed E-state index contributed by atoms with van der Waals surface area (Å²) < 4.78 is 3.26. The summed E-state index contributed by atoms with van der Waals surface area (Å²) in [4.78, 5) is 12.3. The largest absolute Gasteiger partial charge is 0.318 e. The molecular weight excluding hydrogens is 426 g/mol. The number of hydrazone groups is 1. The highest BCUT2D eigenvalue weighted by Crippen LogP contribution is 2.24. The van der Waals surface area contributed by atoms with E-state index < -0.39 is 0 Å². The minimum Gasteiger partial charge on any atom is -0.318 e. The molecule has 0 radical (unpaired) electrons. The topological polar surface area (TPSA) is 46.4 Å². The maximum absolute atomic E-state index is 12.3. The lowest BCUT2D eigenvalue weighted by Crippen LogP contribution is -2.20. The van der Waals surface area contributed by atoms with Crippen LogP contribution in [0.25, 0.3) is 5.69 Å². The summed E-state index contributed by atoms with van der Waals surface area (Å²) in [6.07, 6.45) is 2.03. The van der Waals surface area contributed by atoms with Crippen molar-refractivity contribution in [3.05, 3.63) is 86.1 Å². The Balaban J connectivity index is 1.72. The zero-order chi connectivity index (χ0) is 21.1. The number of nitrogens with one attached hydrogen (secondary N) is 1. The fourth-order valence-corrected chi connectivity index (χ4v) is 3.83. The van der Waals surface area contributed by atoms with Crippen molar-refractivity contribution >= 4 is 28.1 Å². The van der Waals surface area contributed by atoms with Crippen molar-refractivity contribution in [1.29, 1.82) is 0 Å². The lowest BCUT2D eigenvalue weighted by molar-refractivity contribution is -0.120. The fraction of sp³-hybridized carbons (Fsp3) is 0.250. The Bertz CT molecular complexity index is 1100. The Morgan fingerprint density at radius 2 is 1.79 bits per heavy atom. The van der Waals surface area contributed by atoms with E-state index in [0.717, 1.165) is 38.2 Å². The third kappa shape index (κ3) is 4.85. The highest BCUT2D eigenvalue weighted by Gasteiger charge is 2.11. The third-order valence-electron chi connectivity index (χ3n) is 5.13. The predicted octanol–water partition coefficient (Wildman–Crippen LogP) is 5.47. The average Bonchev–Trinajstić information content (AvgIpc) is 2.93. The van der Waals surface area contributed by atoms with Crippen LogP contribution in [0.4, 0.5) is 0 Å². The summed E-state index contributed by atoms with van der Waals surface area (Å²) in [7, 11) is 0. The van der Waals surface area contributed by atoms with Gasteiger partial charge in [0.25, 0.3) is 0 Å². The Morgan fingerprint density at radius 1 is 1.03 bits per heavy atom. The molecule has 0 unspecified atom stereocenters. The first-order valence-electron chi connectivity index (χ1n) is 9.59. The van der Waals surface area contributed by atoms with Crippen LogP contribution in [0.3, 0.4) is 0 Å². The zero-order valence-corrected chi connectivity index (χ0v) is 19.1. The van der Waals surface area contributed by atoms with Crippen LogP contribution < -0.4 is 5.43 Å². The van der Waals surface area contributed by atoms with Gasteiger partial charge < -0.3 is 4.57 Å². The molecule has 0 aliphatic rings. The highest BCUT2D eigenvalue weighted by atomic mass is 79.9. The van der Waals surface area contributed by atoms with E-state index in [0.29, 0.717) is 6.42 Å². The van der Waals surface area contributed by atoms with Crippen LogP contribution in [0, 0.1) is 34.6 Å². The Morgan fingerprint density at radius 3 is 2.48 bits per heavy atom. The van der Waals surface area contributed by atoms with Crippen LogP contribution in [0.2, 0.25) is 0 Å². The molecule has 3 rings (SSSR count). The van der Waals surface area contributed by atoms with Gasteiger partial charge in [-0.05, 0) is 69.5 Å². The van der Waals surface area contributed by atoms with Gasteiger partial charge in [0.1, 0.15) is 0 Å². The van der Waals surface area contributed by atoms with Gasteiger partial charge in [-0.15, -0.1) is 0 Å². The molecule has 0 saturated carbocycles. The second-order valence-corrected chi connectivity index (χ2v) is 8.35. The number of rotatable bonds is 5. The van der Waals surface area contributed by atoms with Crippen LogP contribution in [0.5, 0.6) is 0 Å². The van der Waals surface area contributed by atoms with Crippen molar-refractivity contribution in [3.63, 3.8) is 0 Å². The molecule has 0 aliphatic heterocycles. The summed E-state index contributed by atoms with van der Waals surface area (Å²) in [5.41, 5.74) is 11.4. The monoisotopic (exact) mass is 451 g/mol. The van der Waals surface area contributed by atoms with E-state index in [-0.39, 0.29) is 5.91 Å². The van der Waals surface area contributed by atoms with E-state index in [1.54, 1.807) is 6.21 Å². The van der Waals surface area contributed by atoms with Gasteiger partial charge in [0.05, 0.1) is 12.6 Å². The van der Waals surface area contributed by atoms with Gasteiger partial charge in [-0.2, -0.15) is 5.10 Å². The molecule has 0 atom stereocenters. The summed E-state index contributed by atoms with van der Waals surface area (Å²) in [5.74, 6) is -0.121. The first-order chi connectivity index (χ1) is 13.8. The number of benzene rings is 2. The standard InChI is InChI=1S/C24H26BrN3O/c1-15-6-8-20(17(3)10-15)12-24(29)27-26-14-21-11-18(4)28(19(21)5)22-9-7-16(2)23(25)13-22/h6-11,13-14H,12H2,1-5H3,(H,27,29)/b26-14-. The summed E-state index contributed by atoms with van der Waals surface area (Å²) in [5, 5.41) is 4.18. The van der Waals surface area contributed by atoms with Crippen molar-refractivity contribution in [2.45, 2.75) is 41.0 Å². The summed E-state index contributed by atoms with van der Waals surface area (Å²) >= 11 is 3.61. The van der Waals surface area contributed by atoms with Crippen molar-refractivity contribution in [2.75, 3.05) is 0 Å². The molecule has 29 heavy (non-hydrogen) atoms. The first-order valence-corrected chi connectivity index (χ1v) is 10.4. The van der Waals surface area contributed by atoms with E-state index in [2.05, 4.69) is 82.1 Å². The third-order valence-corrected chi connectivity index (χ3v) is 5.98. The number of carbonyl (C=O) groups excluding carboxylic acids is 1. The Kier molecular flexibility index (Phi) is 6.38. The number of halogens is 1. The zero-order valence-electron chi connectivity index (χ0n) is 17.5. The second-order valence-electron chi connectivity index (χ2n) is 7.50. The molecule has 1 amide bonds. The molecule has 5 heteroatoms. The van der Waals surface area contributed by atoms with Gasteiger partial charge in [0, 0.05) is 27.1 Å². The number of aromatic nitrogens is 1. The molecular formula is C24H26BrN3O. The number of nitrogens with zero attached hydrogens (tertiary/aromatic N) is 2. The smallest absolute Gasteiger partial charge is 0.244 e. The lowest BCUT2D eigenvalue weighted by Gasteiger charge is -2.11. The molecule has 1 heterocycles. The van der Waals surface area contributed by atoms with Gasteiger partial charge in [0.2, 0.25) is 5.91 Å². The molecule has 0 saturated heterocycles. The number of aryl methyl sites for hydroxylation is 4. The lowest BCUT2D eigenvalue weighted by atomic mass is 10.0. The molecule has 0 bridgehead atoms. The van der Waals surface area contributed by atoms with Crippen molar-refractivity contribution in [1.82, 2.24) is 9.99 Å². The second kappa shape index (κ2) is 8.78. The molecule has 1 aromatic heterocycles. The first kappa shape index (κ1) is 21.1. The van der Waals surface area contributed by atoms with Gasteiger partial charge >= 0.3 is 0 Å². The number of hydrogen-bond acceptors (Lipinski definition) is 2. The van der Waals surface area contributed by atoms with E-state index in [1.807, 2.05) is 26.0 Å². The van der Waals surface area contributed by atoms with Crippen LogP contribution in [-0.2, 0) is 11.2 Å². The van der Waals surface area contributed by atoms with Crippen LogP contribution in [-0.4, -0.2) is 16.7 Å². The van der Waals surface area contributed by atoms with Crippen molar-refractivity contribution in [2.24, 2.45) is 5.10 Å². The molecule has 0 aliphatic carbocycles. The van der Waals surface area contributed by atoms with E-state index in [1.165, 1.54) is 11.1 Å². The van der Waals surface area contributed by atoms with Gasteiger partial charge in [-0.25, -0.2) is 5.43 Å². The fourth-order valence-electron chi connectivity index (χ4n) is 3.47. The molecule has 2 aromatic carbocycles. The maximum Gasteiger partial charge on any atom is 0.244 e. The van der Waals surface area contributed by atoms with Crippen LogP contribution in [0.1, 0.15) is 39.2 Å². The van der Waals surface area contributed by atoms with Crippen LogP contribution in [0.15, 0.2) is 52.0 Å². The quantitative estimate of drug-likeness (QED) is 0.405. The Hall–Kier alpha value is -2.66. The molecule has 150 valence electrons. The Labute approximate surface area is 180 Å². The highest BCUT2D eigenvalue weighted by molar-refractivity contribution is 9.10. The van der Waals surface area contributed by atoms with Gasteiger partial charge in [-0.3, -0.25) is 4.79 Å². The predicted molar refractivity (Wildman–Crippen MR) is 123 cm³/mol. The number of carbonyl (C=O) groups is 1. The average molecular weight is 452 g/mol. The SMILES string of the molecule is Cc1ccc(CC(=O)N/N=C\c2cc(C)n(-c3ccc(C)c(Br)c3)c2C)c(C)c1. The minimum atomic E-state index is -0.121. The molecule has 0 spiro atoms.